The van der Waals surface area contributed by atoms with Crippen molar-refractivity contribution >= 4 is 17.6 Å². The van der Waals surface area contributed by atoms with Gasteiger partial charge in [0.15, 0.2) is 6.10 Å². The van der Waals surface area contributed by atoms with E-state index in [1.165, 1.54) is 7.11 Å². The van der Waals surface area contributed by atoms with Crippen molar-refractivity contribution in [3.05, 3.63) is 59.7 Å². The summed E-state index contributed by atoms with van der Waals surface area (Å²) in [5.74, 6) is -0.251. The Morgan fingerprint density at radius 2 is 1.79 bits per heavy atom. The number of aryl methyl sites for hydroxylation is 1. The number of hydrazine groups is 1. The van der Waals surface area contributed by atoms with E-state index in [-0.39, 0.29) is 0 Å². The van der Waals surface area contributed by atoms with Crippen LogP contribution in [0.15, 0.2) is 48.5 Å². The van der Waals surface area contributed by atoms with Gasteiger partial charge in [0.2, 0.25) is 0 Å². The average Bonchev–Trinajstić information content (AvgIpc) is 2.60. The Labute approximate surface area is 139 Å². The summed E-state index contributed by atoms with van der Waals surface area (Å²) >= 11 is 0. The highest BCUT2D eigenvalue weighted by molar-refractivity contribution is 5.93. The third-order valence-corrected chi connectivity index (χ3v) is 3.27. The molecule has 1 atom stereocenters. The molecule has 2 aromatic carbocycles. The zero-order chi connectivity index (χ0) is 17.5. The van der Waals surface area contributed by atoms with Crippen LogP contribution in [0.25, 0.3) is 0 Å². The molecule has 0 saturated heterocycles. The van der Waals surface area contributed by atoms with E-state index in [0.717, 1.165) is 5.56 Å². The number of ether oxygens (including phenoxy) is 1. The molecule has 0 heterocycles. The highest BCUT2D eigenvalue weighted by Crippen LogP contribution is 2.24. The van der Waals surface area contributed by atoms with Gasteiger partial charge in [0.25, 0.3) is 5.91 Å². The number of carbonyl (C=O) groups excluding carboxylic acids is 2. The third-order valence-electron chi connectivity index (χ3n) is 3.27. The molecular formula is C17H19N3O4. The van der Waals surface area contributed by atoms with Gasteiger partial charge in [0.05, 0.1) is 12.8 Å². The van der Waals surface area contributed by atoms with E-state index >= 15 is 0 Å². The number of methoxy groups -OCH3 is 1. The van der Waals surface area contributed by atoms with Crippen molar-refractivity contribution in [1.29, 1.82) is 0 Å². The van der Waals surface area contributed by atoms with E-state index in [1.807, 2.05) is 13.0 Å². The molecule has 0 unspecified atom stereocenters. The van der Waals surface area contributed by atoms with Gasteiger partial charge in [0, 0.05) is 0 Å². The number of hydrogen-bond acceptors (Lipinski definition) is 4. The van der Waals surface area contributed by atoms with Gasteiger partial charge in [-0.3, -0.25) is 10.2 Å². The minimum atomic E-state index is -1.37. The Hall–Kier alpha value is -3.06. The Bertz CT molecular complexity index is 719. The first kappa shape index (κ1) is 17.3. The van der Waals surface area contributed by atoms with Crippen molar-refractivity contribution in [2.24, 2.45) is 0 Å². The number of benzene rings is 2. The van der Waals surface area contributed by atoms with Gasteiger partial charge >= 0.3 is 6.03 Å². The minimum absolute atomic E-state index is 0.428. The summed E-state index contributed by atoms with van der Waals surface area (Å²) in [6.45, 7) is 1.88. The lowest BCUT2D eigenvalue weighted by atomic mass is 10.1. The molecule has 7 heteroatoms. The fraction of sp³-hybridized carbons (Fsp3) is 0.176. The van der Waals surface area contributed by atoms with Crippen molar-refractivity contribution in [2.75, 3.05) is 12.4 Å². The van der Waals surface area contributed by atoms with Crippen LogP contribution in [0.3, 0.4) is 0 Å². The number of anilines is 1. The molecular weight excluding hydrogens is 310 g/mol. The molecule has 0 aliphatic carbocycles. The number of carbonyl (C=O) groups is 2. The Balaban J connectivity index is 1.91. The van der Waals surface area contributed by atoms with Gasteiger partial charge in [-0.15, -0.1) is 0 Å². The monoisotopic (exact) mass is 329 g/mol. The van der Waals surface area contributed by atoms with Crippen LogP contribution >= 0.6 is 0 Å². The van der Waals surface area contributed by atoms with Crippen LogP contribution in [0.1, 0.15) is 17.2 Å². The summed E-state index contributed by atoms with van der Waals surface area (Å²) in [5.41, 5.74) is 6.18. The molecule has 24 heavy (non-hydrogen) atoms. The average molecular weight is 329 g/mol. The molecule has 7 nitrogen and oxygen atoms in total. The van der Waals surface area contributed by atoms with Crippen molar-refractivity contribution in [3.8, 4) is 5.75 Å². The van der Waals surface area contributed by atoms with Crippen LogP contribution in [0.2, 0.25) is 0 Å². The molecule has 0 radical (unpaired) electrons. The zero-order valence-corrected chi connectivity index (χ0v) is 13.4. The number of amides is 3. The largest absolute Gasteiger partial charge is 0.495 e. The van der Waals surface area contributed by atoms with Crippen LogP contribution < -0.4 is 20.9 Å². The highest BCUT2D eigenvalue weighted by atomic mass is 16.5. The van der Waals surface area contributed by atoms with E-state index in [2.05, 4.69) is 16.2 Å². The van der Waals surface area contributed by atoms with Crippen LogP contribution in [0, 0.1) is 6.92 Å². The fourth-order valence-electron chi connectivity index (χ4n) is 2.05. The lowest BCUT2D eigenvalue weighted by Gasteiger charge is -2.14. The minimum Gasteiger partial charge on any atom is -0.495 e. The normalized spacial score (nSPS) is 11.3. The van der Waals surface area contributed by atoms with Crippen molar-refractivity contribution < 1.29 is 19.4 Å². The predicted octanol–water partition coefficient (Wildman–Crippen LogP) is 1.89. The number of hydrogen-bond donors (Lipinski definition) is 4. The molecule has 0 aromatic heterocycles. The van der Waals surface area contributed by atoms with Crippen LogP contribution in [0.4, 0.5) is 10.5 Å². The summed E-state index contributed by atoms with van der Waals surface area (Å²) in [7, 11) is 1.49. The molecule has 0 saturated carbocycles. The Morgan fingerprint density at radius 1 is 1.08 bits per heavy atom. The van der Waals surface area contributed by atoms with E-state index in [1.54, 1.807) is 42.5 Å². The standard InChI is InChI=1S/C17H19N3O4/c1-11-8-9-14(24-2)13(10-11)18-17(23)20-19-16(22)15(21)12-6-4-3-5-7-12/h3-10,15,21H,1-2H3,(H,19,22)(H2,18,20,23)/t15-/m0/s1. The first-order valence-corrected chi connectivity index (χ1v) is 7.25. The quantitative estimate of drug-likeness (QED) is 0.644. The van der Waals surface area contributed by atoms with Crippen LogP contribution in [-0.2, 0) is 4.79 Å². The molecule has 0 spiro atoms. The predicted molar refractivity (Wildman–Crippen MR) is 89.4 cm³/mol. The van der Waals surface area contributed by atoms with Crippen molar-refractivity contribution in [1.82, 2.24) is 10.9 Å². The summed E-state index contributed by atoms with van der Waals surface area (Å²) in [4.78, 5) is 23.7. The first-order valence-electron chi connectivity index (χ1n) is 7.25. The molecule has 126 valence electrons. The second-order valence-corrected chi connectivity index (χ2v) is 5.09. The van der Waals surface area contributed by atoms with Gasteiger partial charge in [-0.2, -0.15) is 0 Å². The molecule has 2 rings (SSSR count). The molecule has 0 bridgehead atoms. The van der Waals surface area contributed by atoms with E-state index in [9.17, 15) is 14.7 Å². The molecule has 0 aliphatic heterocycles. The van der Waals surface area contributed by atoms with Gasteiger partial charge in [-0.1, -0.05) is 36.4 Å². The maximum atomic E-state index is 11.9. The SMILES string of the molecule is COc1ccc(C)cc1NC(=O)NNC(=O)[C@@H](O)c1ccccc1. The summed E-state index contributed by atoms with van der Waals surface area (Å²) in [6.07, 6.45) is -1.37. The first-order chi connectivity index (χ1) is 11.5. The van der Waals surface area contributed by atoms with Gasteiger partial charge in [-0.25, -0.2) is 10.2 Å². The van der Waals surface area contributed by atoms with Gasteiger partial charge in [0.1, 0.15) is 5.75 Å². The highest BCUT2D eigenvalue weighted by Gasteiger charge is 2.17. The second kappa shape index (κ2) is 7.98. The number of nitrogens with one attached hydrogen (secondary N) is 3. The number of urea groups is 1. The summed E-state index contributed by atoms with van der Waals surface area (Å²) in [6, 6.07) is 13.1. The van der Waals surface area contributed by atoms with E-state index in [4.69, 9.17) is 4.74 Å². The molecule has 0 aliphatic rings. The van der Waals surface area contributed by atoms with Gasteiger partial charge < -0.3 is 15.2 Å². The molecule has 3 amide bonds. The zero-order valence-electron chi connectivity index (χ0n) is 13.4. The Kier molecular flexibility index (Phi) is 5.75. The molecule has 4 N–H and O–H groups in total. The number of aliphatic hydroxyl groups excluding tert-OH is 1. The third kappa shape index (κ3) is 4.47. The van der Waals surface area contributed by atoms with E-state index in [0.29, 0.717) is 17.0 Å². The number of rotatable bonds is 4. The smallest absolute Gasteiger partial charge is 0.338 e. The maximum Gasteiger partial charge on any atom is 0.338 e. The van der Waals surface area contributed by atoms with E-state index < -0.39 is 18.0 Å². The van der Waals surface area contributed by atoms with Gasteiger partial charge in [-0.05, 0) is 30.2 Å². The lowest BCUT2D eigenvalue weighted by molar-refractivity contribution is -0.130. The lowest BCUT2D eigenvalue weighted by Crippen LogP contribution is -2.45. The second-order valence-electron chi connectivity index (χ2n) is 5.09. The molecule has 2 aromatic rings. The fourth-order valence-corrected chi connectivity index (χ4v) is 2.05. The topological polar surface area (TPSA) is 99.7 Å². The number of aliphatic hydroxyl groups is 1. The van der Waals surface area contributed by atoms with Crippen molar-refractivity contribution in [2.45, 2.75) is 13.0 Å². The van der Waals surface area contributed by atoms with Crippen molar-refractivity contribution in [3.63, 3.8) is 0 Å². The van der Waals surface area contributed by atoms with Crippen LogP contribution in [-0.4, -0.2) is 24.2 Å². The van der Waals surface area contributed by atoms with Crippen LogP contribution in [0.5, 0.6) is 5.75 Å². The maximum absolute atomic E-state index is 11.9. The molecule has 0 fully saturated rings. The summed E-state index contributed by atoms with van der Waals surface area (Å²) in [5, 5.41) is 12.5. The Morgan fingerprint density at radius 3 is 2.46 bits per heavy atom. The summed E-state index contributed by atoms with van der Waals surface area (Å²) < 4.78 is 5.15.